The molecular formula is C13H19ClO2S. The monoisotopic (exact) mass is 274 g/mol. The lowest BCUT2D eigenvalue weighted by Crippen LogP contribution is -2.20. The third-order valence-electron chi connectivity index (χ3n) is 2.21. The first-order valence-electron chi connectivity index (χ1n) is 5.86. The van der Waals surface area contributed by atoms with Crippen LogP contribution >= 0.6 is 23.4 Å². The van der Waals surface area contributed by atoms with Crippen molar-refractivity contribution in [3.05, 3.63) is 29.3 Å². The van der Waals surface area contributed by atoms with Gasteiger partial charge in [-0.05, 0) is 36.4 Å². The number of aliphatic hydroxyl groups is 1. The van der Waals surface area contributed by atoms with Crippen LogP contribution in [0.5, 0.6) is 5.75 Å². The molecule has 0 spiro atoms. The van der Waals surface area contributed by atoms with E-state index in [0.717, 1.165) is 17.3 Å². The summed E-state index contributed by atoms with van der Waals surface area (Å²) in [6.45, 7) is 2.50. The second kappa shape index (κ2) is 8.67. The first-order valence-corrected chi connectivity index (χ1v) is 7.39. The average molecular weight is 275 g/mol. The Balaban J connectivity index is 2.14. The minimum atomic E-state index is -0.410. The van der Waals surface area contributed by atoms with Crippen molar-refractivity contribution in [2.45, 2.75) is 25.9 Å². The SMILES string of the molecule is CCCCSC[C@H](O)COc1ccc(Cl)cc1. The van der Waals surface area contributed by atoms with Gasteiger partial charge in [0.2, 0.25) is 0 Å². The number of benzene rings is 1. The molecule has 1 aromatic carbocycles. The molecule has 2 nitrogen and oxygen atoms in total. The second-order valence-corrected chi connectivity index (χ2v) is 5.43. The van der Waals surface area contributed by atoms with Crippen molar-refractivity contribution in [1.82, 2.24) is 0 Å². The van der Waals surface area contributed by atoms with E-state index in [0.29, 0.717) is 11.6 Å². The number of rotatable bonds is 8. The first kappa shape index (κ1) is 14.7. The zero-order chi connectivity index (χ0) is 12.5. The Morgan fingerprint density at radius 1 is 1.35 bits per heavy atom. The van der Waals surface area contributed by atoms with Crippen LogP contribution in [0.2, 0.25) is 5.02 Å². The molecule has 0 aliphatic rings. The minimum absolute atomic E-state index is 0.334. The molecule has 1 rings (SSSR count). The van der Waals surface area contributed by atoms with Gasteiger partial charge < -0.3 is 9.84 Å². The number of unbranched alkanes of at least 4 members (excludes halogenated alkanes) is 1. The highest BCUT2D eigenvalue weighted by molar-refractivity contribution is 7.99. The summed E-state index contributed by atoms with van der Waals surface area (Å²) in [5.41, 5.74) is 0. The number of thioether (sulfide) groups is 1. The van der Waals surface area contributed by atoms with Crippen LogP contribution in [0.1, 0.15) is 19.8 Å². The van der Waals surface area contributed by atoms with Crippen LogP contribution in [0, 0.1) is 0 Å². The number of aliphatic hydroxyl groups excluding tert-OH is 1. The fraction of sp³-hybridized carbons (Fsp3) is 0.538. The van der Waals surface area contributed by atoms with Crippen LogP contribution in [-0.2, 0) is 0 Å². The third-order valence-corrected chi connectivity index (χ3v) is 3.66. The molecule has 96 valence electrons. The summed E-state index contributed by atoms with van der Waals surface area (Å²) in [6, 6.07) is 7.16. The Labute approximate surface area is 112 Å². The minimum Gasteiger partial charge on any atom is -0.491 e. The molecule has 0 aliphatic heterocycles. The van der Waals surface area contributed by atoms with Crippen molar-refractivity contribution in [3.8, 4) is 5.75 Å². The second-order valence-electron chi connectivity index (χ2n) is 3.85. The summed E-state index contributed by atoms with van der Waals surface area (Å²) < 4.78 is 5.46. The van der Waals surface area contributed by atoms with E-state index >= 15 is 0 Å². The smallest absolute Gasteiger partial charge is 0.119 e. The Bertz CT molecular complexity index is 303. The van der Waals surface area contributed by atoms with E-state index in [1.54, 1.807) is 36.0 Å². The van der Waals surface area contributed by atoms with Crippen molar-refractivity contribution in [3.63, 3.8) is 0 Å². The molecule has 0 fully saturated rings. The van der Waals surface area contributed by atoms with E-state index in [2.05, 4.69) is 6.92 Å². The topological polar surface area (TPSA) is 29.5 Å². The predicted octanol–water partition coefficient (Wildman–Crippen LogP) is 3.61. The molecular weight excluding hydrogens is 256 g/mol. The molecule has 0 heterocycles. The predicted molar refractivity (Wildman–Crippen MR) is 75.2 cm³/mol. The fourth-order valence-corrected chi connectivity index (χ4v) is 2.39. The van der Waals surface area contributed by atoms with Gasteiger partial charge in [-0.25, -0.2) is 0 Å². The summed E-state index contributed by atoms with van der Waals surface area (Å²) in [4.78, 5) is 0. The highest BCUT2D eigenvalue weighted by Gasteiger charge is 2.05. The lowest BCUT2D eigenvalue weighted by Gasteiger charge is -2.12. The van der Waals surface area contributed by atoms with Crippen molar-refractivity contribution in [2.75, 3.05) is 18.1 Å². The van der Waals surface area contributed by atoms with Crippen LogP contribution in [0.3, 0.4) is 0 Å². The van der Waals surface area contributed by atoms with Gasteiger partial charge >= 0.3 is 0 Å². The molecule has 0 saturated heterocycles. The fourth-order valence-electron chi connectivity index (χ4n) is 1.24. The molecule has 17 heavy (non-hydrogen) atoms. The van der Waals surface area contributed by atoms with Gasteiger partial charge in [0.15, 0.2) is 0 Å². The average Bonchev–Trinajstić information content (AvgIpc) is 2.34. The Morgan fingerprint density at radius 2 is 2.06 bits per heavy atom. The maximum Gasteiger partial charge on any atom is 0.119 e. The maximum atomic E-state index is 9.69. The van der Waals surface area contributed by atoms with E-state index in [1.807, 2.05) is 0 Å². The summed E-state index contributed by atoms with van der Waals surface area (Å²) in [6.07, 6.45) is 1.99. The lowest BCUT2D eigenvalue weighted by atomic mass is 10.3. The number of hydrogen-bond donors (Lipinski definition) is 1. The number of halogens is 1. The van der Waals surface area contributed by atoms with Gasteiger partial charge in [-0.15, -0.1) is 0 Å². The van der Waals surface area contributed by atoms with Gasteiger partial charge in [0.25, 0.3) is 0 Å². The molecule has 0 aliphatic carbocycles. The lowest BCUT2D eigenvalue weighted by molar-refractivity contribution is 0.126. The molecule has 0 bridgehead atoms. The van der Waals surface area contributed by atoms with Crippen molar-refractivity contribution >= 4 is 23.4 Å². The zero-order valence-corrected chi connectivity index (χ0v) is 11.6. The van der Waals surface area contributed by atoms with Crippen LogP contribution in [0.15, 0.2) is 24.3 Å². The summed E-state index contributed by atoms with van der Waals surface area (Å²) in [7, 11) is 0. The van der Waals surface area contributed by atoms with Gasteiger partial charge in [-0.1, -0.05) is 24.9 Å². The van der Waals surface area contributed by atoms with Gasteiger partial charge in [-0.2, -0.15) is 11.8 Å². The highest BCUT2D eigenvalue weighted by Crippen LogP contribution is 2.16. The summed E-state index contributed by atoms with van der Waals surface area (Å²) in [5.74, 6) is 2.58. The normalized spacial score (nSPS) is 12.4. The van der Waals surface area contributed by atoms with E-state index in [1.165, 1.54) is 12.8 Å². The zero-order valence-electron chi connectivity index (χ0n) is 10.1. The van der Waals surface area contributed by atoms with E-state index in [-0.39, 0.29) is 0 Å². The third kappa shape index (κ3) is 6.81. The number of hydrogen-bond acceptors (Lipinski definition) is 3. The van der Waals surface area contributed by atoms with Gasteiger partial charge in [-0.3, -0.25) is 0 Å². The van der Waals surface area contributed by atoms with Crippen LogP contribution in [-0.4, -0.2) is 29.3 Å². The Kier molecular flexibility index (Phi) is 7.49. The quantitative estimate of drug-likeness (QED) is 0.735. The van der Waals surface area contributed by atoms with Gasteiger partial charge in [0, 0.05) is 10.8 Å². The van der Waals surface area contributed by atoms with Gasteiger partial charge in [0.05, 0.1) is 6.10 Å². The van der Waals surface area contributed by atoms with Crippen LogP contribution < -0.4 is 4.74 Å². The summed E-state index contributed by atoms with van der Waals surface area (Å²) in [5, 5.41) is 10.4. The Hall–Kier alpha value is -0.380. The van der Waals surface area contributed by atoms with E-state index < -0.39 is 6.10 Å². The van der Waals surface area contributed by atoms with Crippen LogP contribution in [0.4, 0.5) is 0 Å². The molecule has 4 heteroatoms. The first-order chi connectivity index (χ1) is 8.22. The largest absolute Gasteiger partial charge is 0.491 e. The van der Waals surface area contributed by atoms with Gasteiger partial charge in [0.1, 0.15) is 12.4 Å². The van der Waals surface area contributed by atoms with Crippen molar-refractivity contribution in [2.24, 2.45) is 0 Å². The van der Waals surface area contributed by atoms with E-state index in [9.17, 15) is 5.11 Å². The van der Waals surface area contributed by atoms with Crippen molar-refractivity contribution < 1.29 is 9.84 Å². The molecule has 1 aromatic rings. The standard InChI is InChI=1S/C13H19ClO2S/c1-2-3-8-17-10-12(15)9-16-13-6-4-11(14)5-7-13/h4-7,12,15H,2-3,8-10H2,1H3/t12-/m1/s1. The number of ether oxygens (including phenoxy) is 1. The summed E-state index contributed by atoms with van der Waals surface area (Å²) >= 11 is 7.54. The maximum absolute atomic E-state index is 9.69. The molecule has 1 atom stereocenters. The highest BCUT2D eigenvalue weighted by atomic mass is 35.5. The molecule has 0 amide bonds. The van der Waals surface area contributed by atoms with E-state index in [4.69, 9.17) is 16.3 Å². The molecule has 0 unspecified atom stereocenters. The molecule has 0 radical (unpaired) electrons. The van der Waals surface area contributed by atoms with Crippen molar-refractivity contribution in [1.29, 1.82) is 0 Å². The molecule has 0 saturated carbocycles. The molecule has 0 aromatic heterocycles. The Morgan fingerprint density at radius 3 is 2.71 bits per heavy atom. The van der Waals surface area contributed by atoms with Crippen LogP contribution in [0.25, 0.3) is 0 Å². The molecule has 1 N–H and O–H groups in total.